The molecule has 0 unspecified atom stereocenters. The maximum absolute atomic E-state index is 13.1. The number of aromatic nitrogens is 2. The molecular formula is C23H23N3O4S. The number of aryl methyl sites for hydroxylation is 1. The molecule has 160 valence electrons. The van der Waals surface area contributed by atoms with E-state index in [9.17, 15) is 14.4 Å². The van der Waals surface area contributed by atoms with Gasteiger partial charge in [-0.05, 0) is 44.0 Å². The number of rotatable bonds is 4. The second-order valence-corrected chi connectivity index (χ2v) is 8.60. The number of nitrogens with zero attached hydrogens (tertiary/aromatic N) is 2. The average Bonchev–Trinajstić information content (AvgIpc) is 2.73. The summed E-state index contributed by atoms with van der Waals surface area (Å²) in [5.74, 6) is 0.571. The first-order valence-corrected chi connectivity index (χ1v) is 11.1. The zero-order valence-electron chi connectivity index (χ0n) is 17.8. The summed E-state index contributed by atoms with van der Waals surface area (Å²) in [5, 5.41) is 3.23. The second-order valence-electron chi connectivity index (χ2n) is 7.57. The van der Waals surface area contributed by atoms with Gasteiger partial charge >= 0.3 is 5.97 Å². The van der Waals surface area contributed by atoms with Crippen molar-refractivity contribution in [2.75, 3.05) is 17.7 Å². The van der Waals surface area contributed by atoms with Gasteiger partial charge in [-0.25, -0.2) is 9.78 Å². The van der Waals surface area contributed by atoms with Gasteiger partial charge in [0, 0.05) is 47.0 Å². The van der Waals surface area contributed by atoms with Gasteiger partial charge in [0.1, 0.15) is 11.4 Å². The van der Waals surface area contributed by atoms with Crippen LogP contribution >= 0.6 is 11.8 Å². The fourth-order valence-electron chi connectivity index (χ4n) is 3.80. The molecule has 0 aliphatic carbocycles. The molecular weight excluding hydrogens is 414 g/mol. The molecule has 3 aromatic rings. The molecule has 0 bridgehead atoms. The quantitative estimate of drug-likeness (QED) is 0.616. The van der Waals surface area contributed by atoms with E-state index in [4.69, 9.17) is 4.74 Å². The van der Waals surface area contributed by atoms with Gasteiger partial charge in [0.15, 0.2) is 0 Å². The Bertz CT molecular complexity index is 1280. The van der Waals surface area contributed by atoms with E-state index in [1.165, 1.54) is 6.92 Å². The van der Waals surface area contributed by atoms with E-state index in [0.29, 0.717) is 11.2 Å². The number of thioether (sulfide) groups is 1. The van der Waals surface area contributed by atoms with Crippen LogP contribution in [0.1, 0.15) is 42.7 Å². The molecule has 0 fully saturated rings. The maximum Gasteiger partial charge on any atom is 0.343 e. The van der Waals surface area contributed by atoms with Gasteiger partial charge in [0.25, 0.3) is 0 Å². The van der Waals surface area contributed by atoms with Gasteiger partial charge in [-0.1, -0.05) is 6.07 Å². The molecule has 3 heterocycles. The van der Waals surface area contributed by atoms with Crippen molar-refractivity contribution in [2.45, 2.75) is 38.6 Å². The van der Waals surface area contributed by atoms with Crippen LogP contribution in [0.15, 0.2) is 40.3 Å². The number of hydrogen-bond donors (Lipinski definition) is 1. The number of carbonyl (C=O) groups is 2. The summed E-state index contributed by atoms with van der Waals surface area (Å²) in [5.41, 5.74) is 3.28. The summed E-state index contributed by atoms with van der Waals surface area (Å²) in [4.78, 5) is 42.2. The van der Waals surface area contributed by atoms with E-state index in [1.54, 1.807) is 37.1 Å². The number of ether oxygens (including phenoxy) is 1. The number of benzene rings is 1. The Morgan fingerprint density at radius 2 is 2.13 bits per heavy atom. The van der Waals surface area contributed by atoms with Crippen molar-refractivity contribution in [3.05, 3.63) is 51.9 Å². The highest BCUT2D eigenvalue weighted by Gasteiger charge is 2.26. The lowest BCUT2D eigenvalue weighted by atomic mass is 10.0. The van der Waals surface area contributed by atoms with Crippen LogP contribution in [0.4, 0.5) is 5.82 Å². The third-order valence-electron chi connectivity index (χ3n) is 5.27. The van der Waals surface area contributed by atoms with Gasteiger partial charge < -0.3 is 14.6 Å². The fourth-order valence-corrected chi connectivity index (χ4v) is 5.06. The molecule has 7 nitrogen and oxygen atoms in total. The number of anilines is 1. The van der Waals surface area contributed by atoms with E-state index in [0.717, 1.165) is 32.9 Å². The molecule has 0 spiro atoms. The van der Waals surface area contributed by atoms with Crippen molar-refractivity contribution in [3.63, 3.8) is 0 Å². The summed E-state index contributed by atoms with van der Waals surface area (Å²) in [6.45, 7) is 7.34. The summed E-state index contributed by atoms with van der Waals surface area (Å²) >= 11 is 1.69. The van der Waals surface area contributed by atoms with Crippen molar-refractivity contribution < 1.29 is 14.3 Å². The predicted octanol–water partition coefficient (Wildman–Crippen LogP) is 4.17. The lowest BCUT2D eigenvalue weighted by Crippen LogP contribution is -2.24. The largest absolute Gasteiger partial charge is 0.462 e. The molecule has 1 aromatic carbocycles. The second kappa shape index (κ2) is 8.19. The molecule has 1 aliphatic rings. The number of hydrogen-bond acceptors (Lipinski definition) is 6. The molecule has 8 heteroatoms. The zero-order valence-corrected chi connectivity index (χ0v) is 18.6. The van der Waals surface area contributed by atoms with E-state index in [2.05, 4.69) is 17.2 Å². The highest BCUT2D eigenvalue weighted by Crippen LogP contribution is 2.42. The number of esters is 1. The normalized spacial score (nSPS) is 15.0. The third kappa shape index (κ3) is 3.72. The first-order chi connectivity index (χ1) is 14.8. The fraction of sp³-hybridized carbons (Fsp3) is 0.304. The third-order valence-corrected chi connectivity index (χ3v) is 6.62. The Morgan fingerprint density at radius 1 is 1.35 bits per heavy atom. The van der Waals surface area contributed by atoms with Crippen molar-refractivity contribution in [1.82, 2.24) is 9.55 Å². The summed E-state index contributed by atoms with van der Waals surface area (Å²) in [6.07, 6.45) is 3.35. The van der Waals surface area contributed by atoms with Crippen molar-refractivity contribution in [3.8, 4) is 11.1 Å². The molecule has 0 radical (unpaired) electrons. The first kappa shape index (κ1) is 21.1. The zero-order chi connectivity index (χ0) is 22.3. The highest BCUT2D eigenvalue weighted by molar-refractivity contribution is 7.99. The molecule has 1 aliphatic heterocycles. The van der Waals surface area contributed by atoms with Crippen LogP contribution in [-0.4, -0.2) is 33.8 Å². The van der Waals surface area contributed by atoms with Crippen molar-refractivity contribution in [1.29, 1.82) is 0 Å². The van der Waals surface area contributed by atoms with Crippen LogP contribution in [-0.2, 0) is 9.53 Å². The minimum Gasteiger partial charge on any atom is -0.462 e. The number of amides is 1. The Hall–Kier alpha value is -3.13. The van der Waals surface area contributed by atoms with Gasteiger partial charge in [-0.3, -0.25) is 9.59 Å². The SMILES string of the molecule is CCOC(=O)c1cn2c3c(c(-c4cnc(NC(C)=O)c(C)c4)ccc3c1=O)SC[C@@H]2C. The molecule has 0 saturated heterocycles. The summed E-state index contributed by atoms with van der Waals surface area (Å²) in [6, 6.07) is 5.76. The van der Waals surface area contributed by atoms with Gasteiger partial charge in [0.05, 0.1) is 12.1 Å². The van der Waals surface area contributed by atoms with Crippen LogP contribution in [0, 0.1) is 6.92 Å². The topological polar surface area (TPSA) is 90.3 Å². The van der Waals surface area contributed by atoms with Crippen molar-refractivity contribution >= 4 is 40.4 Å². The van der Waals surface area contributed by atoms with Crippen LogP contribution < -0.4 is 10.7 Å². The summed E-state index contributed by atoms with van der Waals surface area (Å²) < 4.78 is 7.09. The molecule has 1 atom stereocenters. The van der Waals surface area contributed by atoms with Crippen LogP contribution in [0.3, 0.4) is 0 Å². The van der Waals surface area contributed by atoms with Gasteiger partial charge in [-0.2, -0.15) is 0 Å². The highest BCUT2D eigenvalue weighted by atomic mass is 32.2. The summed E-state index contributed by atoms with van der Waals surface area (Å²) in [7, 11) is 0. The van der Waals surface area contributed by atoms with Crippen LogP contribution in [0.2, 0.25) is 0 Å². The van der Waals surface area contributed by atoms with Crippen molar-refractivity contribution in [2.24, 2.45) is 0 Å². The van der Waals surface area contributed by atoms with Crippen LogP contribution in [0.25, 0.3) is 22.0 Å². The Labute approximate surface area is 183 Å². The van der Waals surface area contributed by atoms with E-state index in [-0.39, 0.29) is 29.5 Å². The Morgan fingerprint density at radius 3 is 2.81 bits per heavy atom. The number of nitrogens with one attached hydrogen (secondary N) is 1. The molecule has 1 amide bonds. The van der Waals surface area contributed by atoms with E-state index >= 15 is 0 Å². The minimum atomic E-state index is -0.595. The molecule has 2 aromatic heterocycles. The maximum atomic E-state index is 13.1. The number of pyridine rings is 2. The lowest BCUT2D eigenvalue weighted by Gasteiger charge is -2.27. The standard InChI is InChI=1S/C23H23N3O4S/c1-5-30-23(29)18-10-26-13(3)11-31-21-16(6-7-17(19(21)26)20(18)28)15-8-12(2)22(24-9-15)25-14(4)27/h6-10,13H,5,11H2,1-4H3,(H,24,25,27)/t13-/m0/s1. The van der Waals surface area contributed by atoms with E-state index in [1.807, 2.05) is 23.6 Å². The molecule has 4 rings (SSSR count). The minimum absolute atomic E-state index is 0.0592. The monoisotopic (exact) mass is 437 g/mol. The van der Waals surface area contributed by atoms with Gasteiger partial charge in [-0.15, -0.1) is 11.8 Å². The van der Waals surface area contributed by atoms with Gasteiger partial charge in [0.2, 0.25) is 11.3 Å². The first-order valence-electron chi connectivity index (χ1n) is 10.1. The average molecular weight is 438 g/mol. The molecule has 31 heavy (non-hydrogen) atoms. The lowest BCUT2D eigenvalue weighted by molar-refractivity contribution is -0.114. The smallest absolute Gasteiger partial charge is 0.343 e. The van der Waals surface area contributed by atoms with Crippen LogP contribution in [0.5, 0.6) is 0 Å². The predicted molar refractivity (Wildman–Crippen MR) is 122 cm³/mol. The Kier molecular flexibility index (Phi) is 5.58. The number of carbonyl (C=O) groups excluding carboxylic acids is 2. The Balaban J connectivity index is 1.92. The van der Waals surface area contributed by atoms with E-state index < -0.39 is 5.97 Å². The molecule has 0 saturated carbocycles. The molecule has 1 N–H and O–H groups in total.